The average molecular weight is 331 g/mol. The number of anilines is 1. The zero-order chi connectivity index (χ0) is 17.0. The second-order valence-corrected chi connectivity index (χ2v) is 5.92. The summed E-state index contributed by atoms with van der Waals surface area (Å²) in [4.78, 5) is 23.2. The standard InChI is InChI=1S/C18H13N5O2/c24-18(25)11-1-3-12-13(8-11)22-17(21-12)10-2-4-15-14(7-10)20-9-16-19-5-6-23(15)16/h1-8,20H,9H2,(H,21,22)(H,24,25). The lowest BCUT2D eigenvalue weighted by Gasteiger charge is -2.20. The number of imidazole rings is 2. The van der Waals surface area contributed by atoms with Crippen LogP contribution in [0.3, 0.4) is 0 Å². The predicted molar refractivity (Wildman–Crippen MR) is 92.9 cm³/mol. The number of hydrogen-bond acceptors (Lipinski definition) is 4. The first-order valence-electron chi connectivity index (χ1n) is 7.83. The summed E-state index contributed by atoms with van der Waals surface area (Å²) in [7, 11) is 0. The van der Waals surface area contributed by atoms with Crippen molar-refractivity contribution in [2.75, 3.05) is 5.32 Å². The molecule has 0 amide bonds. The summed E-state index contributed by atoms with van der Waals surface area (Å²) in [6, 6.07) is 10.9. The van der Waals surface area contributed by atoms with Gasteiger partial charge in [0.25, 0.3) is 0 Å². The maximum Gasteiger partial charge on any atom is 0.335 e. The molecule has 122 valence electrons. The highest BCUT2D eigenvalue weighted by Gasteiger charge is 2.17. The molecule has 0 atom stereocenters. The molecular weight excluding hydrogens is 318 g/mol. The molecule has 3 heterocycles. The van der Waals surface area contributed by atoms with Crippen LogP contribution in [0.1, 0.15) is 16.2 Å². The minimum Gasteiger partial charge on any atom is -0.478 e. The Hall–Kier alpha value is -3.61. The van der Waals surface area contributed by atoms with E-state index in [0.717, 1.165) is 28.3 Å². The molecular formula is C18H13N5O2. The van der Waals surface area contributed by atoms with Gasteiger partial charge in [-0.15, -0.1) is 0 Å². The highest BCUT2D eigenvalue weighted by atomic mass is 16.4. The van der Waals surface area contributed by atoms with Gasteiger partial charge >= 0.3 is 5.97 Å². The van der Waals surface area contributed by atoms with Crippen molar-refractivity contribution in [3.8, 4) is 17.1 Å². The SMILES string of the molecule is O=C(O)c1ccc2nc(-c3ccc4c(c3)NCc3nccn3-4)[nH]c2c1. The fourth-order valence-electron chi connectivity index (χ4n) is 3.17. The molecule has 1 aliphatic heterocycles. The first kappa shape index (κ1) is 13.8. The molecule has 0 bridgehead atoms. The molecule has 3 N–H and O–H groups in total. The van der Waals surface area contributed by atoms with E-state index in [4.69, 9.17) is 5.11 Å². The number of carboxylic acids is 1. The number of fused-ring (bicyclic) bond motifs is 4. The number of carboxylic acid groups (broad SMARTS) is 1. The van der Waals surface area contributed by atoms with Crippen LogP contribution in [0.25, 0.3) is 28.1 Å². The Balaban J connectivity index is 1.60. The van der Waals surface area contributed by atoms with Crippen molar-refractivity contribution in [3.63, 3.8) is 0 Å². The summed E-state index contributed by atoms with van der Waals surface area (Å²) >= 11 is 0. The van der Waals surface area contributed by atoms with Crippen LogP contribution in [-0.4, -0.2) is 30.6 Å². The Morgan fingerprint density at radius 2 is 2.12 bits per heavy atom. The molecule has 2 aromatic heterocycles. The molecule has 0 aliphatic carbocycles. The zero-order valence-corrected chi connectivity index (χ0v) is 13.0. The quantitative estimate of drug-likeness (QED) is 0.525. The van der Waals surface area contributed by atoms with Gasteiger partial charge in [-0.2, -0.15) is 0 Å². The number of aromatic amines is 1. The molecule has 1 aliphatic rings. The van der Waals surface area contributed by atoms with E-state index in [-0.39, 0.29) is 5.56 Å². The average Bonchev–Trinajstić information content (AvgIpc) is 3.27. The molecule has 7 heteroatoms. The molecule has 7 nitrogen and oxygen atoms in total. The lowest BCUT2D eigenvalue weighted by molar-refractivity contribution is 0.0697. The first-order chi connectivity index (χ1) is 12.2. The van der Waals surface area contributed by atoms with Crippen molar-refractivity contribution < 1.29 is 9.90 Å². The number of rotatable bonds is 2. The molecule has 0 spiro atoms. The van der Waals surface area contributed by atoms with Crippen LogP contribution >= 0.6 is 0 Å². The van der Waals surface area contributed by atoms with Crippen LogP contribution in [0, 0.1) is 0 Å². The van der Waals surface area contributed by atoms with Crippen LogP contribution in [0.15, 0.2) is 48.8 Å². The van der Waals surface area contributed by atoms with Gasteiger partial charge in [0.1, 0.15) is 11.6 Å². The Morgan fingerprint density at radius 3 is 3.00 bits per heavy atom. The van der Waals surface area contributed by atoms with Gasteiger partial charge < -0.3 is 20.0 Å². The van der Waals surface area contributed by atoms with E-state index >= 15 is 0 Å². The third kappa shape index (κ3) is 2.09. The minimum absolute atomic E-state index is 0.238. The van der Waals surface area contributed by atoms with Crippen LogP contribution in [0.2, 0.25) is 0 Å². The number of H-pyrrole nitrogens is 1. The monoisotopic (exact) mass is 331 g/mol. The van der Waals surface area contributed by atoms with E-state index in [2.05, 4.69) is 24.8 Å². The molecule has 0 fully saturated rings. The topological polar surface area (TPSA) is 95.8 Å². The second kappa shape index (κ2) is 4.94. The highest BCUT2D eigenvalue weighted by molar-refractivity contribution is 5.93. The predicted octanol–water partition coefficient (Wildman–Crippen LogP) is 3.04. The molecule has 0 radical (unpaired) electrons. The van der Waals surface area contributed by atoms with Gasteiger partial charge in [0.2, 0.25) is 0 Å². The summed E-state index contributed by atoms with van der Waals surface area (Å²) in [6.45, 7) is 0.672. The molecule has 25 heavy (non-hydrogen) atoms. The van der Waals surface area contributed by atoms with Crippen molar-refractivity contribution in [1.29, 1.82) is 0 Å². The van der Waals surface area contributed by atoms with E-state index in [0.29, 0.717) is 17.9 Å². The van der Waals surface area contributed by atoms with Crippen LogP contribution in [0.4, 0.5) is 5.69 Å². The number of aromatic nitrogens is 4. The normalized spacial score (nSPS) is 12.5. The lowest BCUT2D eigenvalue weighted by atomic mass is 10.1. The summed E-state index contributed by atoms with van der Waals surface area (Å²) in [5, 5.41) is 12.5. The second-order valence-electron chi connectivity index (χ2n) is 5.92. The molecule has 0 unspecified atom stereocenters. The van der Waals surface area contributed by atoms with Crippen molar-refractivity contribution in [3.05, 3.63) is 60.2 Å². The Bertz CT molecular complexity index is 1140. The molecule has 0 saturated carbocycles. The summed E-state index contributed by atoms with van der Waals surface area (Å²) in [5.74, 6) is 0.732. The third-order valence-electron chi connectivity index (χ3n) is 4.41. The van der Waals surface area contributed by atoms with E-state index in [1.165, 1.54) is 0 Å². The van der Waals surface area contributed by atoms with Gasteiger partial charge in [0.15, 0.2) is 0 Å². The number of aromatic carboxylic acids is 1. The van der Waals surface area contributed by atoms with Crippen molar-refractivity contribution in [1.82, 2.24) is 19.5 Å². The van der Waals surface area contributed by atoms with E-state index < -0.39 is 5.97 Å². The maximum atomic E-state index is 11.1. The van der Waals surface area contributed by atoms with Gasteiger partial charge in [-0.1, -0.05) is 0 Å². The van der Waals surface area contributed by atoms with Crippen molar-refractivity contribution in [2.24, 2.45) is 0 Å². The summed E-state index contributed by atoms with van der Waals surface area (Å²) in [5.41, 5.74) is 4.67. The molecule has 5 rings (SSSR count). The van der Waals surface area contributed by atoms with Crippen molar-refractivity contribution >= 4 is 22.7 Å². The van der Waals surface area contributed by atoms with Gasteiger partial charge in [-0.05, 0) is 36.4 Å². The molecule has 4 aromatic rings. The highest BCUT2D eigenvalue weighted by Crippen LogP contribution is 2.31. The smallest absolute Gasteiger partial charge is 0.335 e. The largest absolute Gasteiger partial charge is 0.478 e. The first-order valence-corrected chi connectivity index (χ1v) is 7.83. The molecule has 2 aromatic carbocycles. The number of hydrogen-bond donors (Lipinski definition) is 3. The lowest BCUT2D eigenvalue weighted by Crippen LogP contribution is -2.15. The Kier molecular flexibility index (Phi) is 2.73. The van der Waals surface area contributed by atoms with Crippen LogP contribution in [0.5, 0.6) is 0 Å². The van der Waals surface area contributed by atoms with E-state index in [9.17, 15) is 4.79 Å². The fourth-order valence-corrected chi connectivity index (χ4v) is 3.17. The van der Waals surface area contributed by atoms with Crippen LogP contribution in [-0.2, 0) is 6.54 Å². The van der Waals surface area contributed by atoms with E-state index in [1.807, 2.05) is 24.4 Å². The third-order valence-corrected chi connectivity index (χ3v) is 4.41. The Labute approximate surface area is 142 Å². The fraction of sp³-hybridized carbons (Fsp3) is 0.0556. The maximum absolute atomic E-state index is 11.1. The summed E-state index contributed by atoms with van der Waals surface area (Å²) < 4.78 is 2.06. The number of carbonyl (C=O) groups is 1. The van der Waals surface area contributed by atoms with E-state index in [1.54, 1.807) is 24.4 Å². The van der Waals surface area contributed by atoms with Gasteiger partial charge in [0, 0.05) is 18.0 Å². The van der Waals surface area contributed by atoms with Crippen LogP contribution < -0.4 is 5.32 Å². The zero-order valence-electron chi connectivity index (χ0n) is 13.0. The van der Waals surface area contributed by atoms with Gasteiger partial charge in [0.05, 0.1) is 34.5 Å². The number of nitrogens with one attached hydrogen (secondary N) is 2. The minimum atomic E-state index is -0.952. The number of nitrogens with zero attached hydrogens (tertiary/aromatic N) is 3. The van der Waals surface area contributed by atoms with Gasteiger partial charge in [-0.3, -0.25) is 0 Å². The summed E-state index contributed by atoms with van der Waals surface area (Å²) in [6.07, 6.45) is 3.74. The number of benzene rings is 2. The molecule has 0 saturated heterocycles. The van der Waals surface area contributed by atoms with Crippen molar-refractivity contribution in [2.45, 2.75) is 6.54 Å². The Morgan fingerprint density at radius 1 is 1.20 bits per heavy atom. The van der Waals surface area contributed by atoms with Gasteiger partial charge in [-0.25, -0.2) is 14.8 Å².